The van der Waals surface area contributed by atoms with E-state index in [1.807, 2.05) is 36.1 Å². The zero-order valence-electron chi connectivity index (χ0n) is 15.3. The Morgan fingerprint density at radius 3 is 2.58 bits per heavy atom. The molecule has 2 rings (SSSR count). The number of methoxy groups -OCH3 is 1. The van der Waals surface area contributed by atoms with E-state index in [1.165, 1.54) is 0 Å². The van der Waals surface area contributed by atoms with E-state index in [4.69, 9.17) is 9.47 Å². The van der Waals surface area contributed by atoms with Crippen molar-refractivity contribution >= 4 is 5.91 Å². The number of hydrogen-bond donors (Lipinski definition) is 0. The van der Waals surface area contributed by atoms with Crippen LogP contribution in [0.15, 0.2) is 24.3 Å². The standard InChI is InChI=1S/C19H30N2O3/c1-15-7-5-8-18(11-15)24-14-19(22)20-12-16(2)21(17(3)13-20)9-6-10-23-4/h5,7-8,11,16-17H,6,9-10,12-14H2,1-4H3. The first-order valence-corrected chi connectivity index (χ1v) is 8.73. The van der Waals surface area contributed by atoms with E-state index >= 15 is 0 Å². The summed E-state index contributed by atoms with van der Waals surface area (Å²) in [6.07, 6.45) is 1.02. The Morgan fingerprint density at radius 2 is 1.96 bits per heavy atom. The molecule has 1 aliphatic rings. The van der Waals surface area contributed by atoms with E-state index in [9.17, 15) is 4.79 Å². The molecule has 5 heteroatoms. The molecule has 0 radical (unpaired) electrons. The van der Waals surface area contributed by atoms with Crippen LogP contribution in [-0.4, -0.2) is 67.7 Å². The van der Waals surface area contributed by atoms with Gasteiger partial charge in [-0.3, -0.25) is 9.69 Å². The Morgan fingerprint density at radius 1 is 1.25 bits per heavy atom. The smallest absolute Gasteiger partial charge is 0.260 e. The normalized spacial score (nSPS) is 21.8. The maximum atomic E-state index is 12.5. The first kappa shape index (κ1) is 18.7. The molecule has 0 saturated carbocycles. The lowest BCUT2D eigenvalue weighted by molar-refractivity contribution is -0.137. The molecule has 2 unspecified atom stereocenters. The van der Waals surface area contributed by atoms with Crippen LogP contribution in [0.4, 0.5) is 0 Å². The zero-order chi connectivity index (χ0) is 17.5. The van der Waals surface area contributed by atoms with Crippen LogP contribution in [0.1, 0.15) is 25.8 Å². The lowest BCUT2D eigenvalue weighted by atomic mass is 10.1. The summed E-state index contributed by atoms with van der Waals surface area (Å²) in [6.45, 7) is 9.79. The molecular weight excluding hydrogens is 304 g/mol. The van der Waals surface area contributed by atoms with E-state index in [0.717, 1.165) is 44.0 Å². The average molecular weight is 334 g/mol. The third-order valence-electron chi connectivity index (χ3n) is 4.57. The van der Waals surface area contributed by atoms with Crippen molar-refractivity contribution in [1.29, 1.82) is 0 Å². The third-order valence-corrected chi connectivity index (χ3v) is 4.57. The number of benzene rings is 1. The van der Waals surface area contributed by atoms with Crippen molar-refractivity contribution in [2.45, 2.75) is 39.3 Å². The molecule has 0 aliphatic carbocycles. The van der Waals surface area contributed by atoms with Crippen molar-refractivity contribution < 1.29 is 14.3 Å². The van der Waals surface area contributed by atoms with E-state index in [1.54, 1.807) is 7.11 Å². The SMILES string of the molecule is COCCCN1C(C)CN(C(=O)COc2cccc(C)c2)CC1C. The summed E-state index contributed by atoms with van der Waals surface area (Å²) in [5.41, 5.74) is 1.13. The van der Waals surface area contributed by atoms with Gasteiger partial charge in [0.1, 0.15) is 5.75 Å². The Kier molecular flexibility index (Phi) is 7.06. The Labute approximate surface area is 145 Å². The van der Waals surface area contributed by atoms with Crippen LogP contribution in [-0.2, 0) is 9.53 Å². The summed E-state index contributed by atoms with van der Waals surface area (Å²) >= 11 is 0. The van der Waals surface area contributed by atoms with Crippen LogP contribution in [0.5, 0.6) is 5.75 Å². The number of carbonyl (C=O) groups excluding carboxylic acids is 1. The minimum Gasteiger partial charge on any atom is -0.484 e. The molecule has 1 heterocycles. The van der Waals surface area contributed by atoms with Crippen molar-refractivity contribution in [3.63, 3.8) is 0 Å². The van der Waals surface area contributed by atoms with Crippen molar-refractivity contribution in [3.05, 3.63) is 29.8 Å². The summed E-state index contributed by atoms with van der Waals surface area (Å²) in [7, 11) is 1.73. The molecule has 0 spiro atoms. The highest BCUT2D eigenvalue weighted by Gasteiger charge is 2.31. The molecule has 0 aromatic heterocycles. The van der Waals surface area contributed by atoms with Gasteiger partial charge in [0, 0.05) is 45.4 Å². The number of amides is 1. The first-order chi connectivity index (χ1) is 11.5. The number of piperazine rings is 1. The largest absolute Gasteiger partial charge is 0.484 e. The quantitative estimate of drug-likeness (QED) is 0.718. The molecule has 134 valence electrons. The van der Waals surface area contributed by atoms with Crippen molar-refractivity contribution in [2.24, 2.45) is 0 Å². The van der Waals surface area contributed by atoms with E-state index in [-0.39, 0.29) is 12.5 Å². The molecule has 5 nitrogen and oxygen atoms in total. The molecule has 0 N–H and O–H groups in total. The minimum absolute atomic E-state index is 0.0618. The molecule has 1 aromatic carbocycles. The van der Waals surface area contributed by atoms with E-state index in [2.05, 4.69) is 18.7 Å². The molecule has 1 aromatic rings. The van der Waals surface area contributed by atoms with Gasteiger partial charge in [0.2, 0.25) is 0 Å². The second-order valence-corrected chi connectivity index (χ2v) is 6.69. The number of rotatable bonds is 7. The molecular formula is C19H30N2O3. The van der Waals surface area contributed by atoms with Crippen LogP contribution in [0, 0.1) is 6.92 Å². The Balaban J connectivity index is 1.83. The molecule has 1 amide bonds. The number of nitrogens with zero attached hydrogens (tertiary/aromatic N) is 2. The molecule has 24 heavy (non-hydrogen) atoms. The lowest BCUT2D eigenvalue weighted by Crippen LogP contribution is -2.58. The number of aryl methyl sites for hydroxylation is 1. The second-order valence-electron chi connectivity index (χ2n) is 6.69. The average Bonchev–Trinajstić information content (AvgIpc) is 2.55. The predicted molar refractivity (Wildman–Crippen MR) is 95.4 cm³/mol. The van der Waals surface area contributed by atoms with Crippen molar-refractivity contribution in [1.82, 2.24) is 9.80 Å². The third kappa shape index (κ3) is 5.21. The van der Waals surface area contributed by atoms with E-state index in [0.29, 0.717) is 12.1 Å². The van der Waals surface area contributed by atoms with Gasteiger partial charge in [0.15, 0.2) is 6.61 Å². The van der Waals surface area contributed by atoms with Gasteiger partial charge in [0.25, 0.3) is 5.91 Å². The highest BCUT2D eigenvalue weighted by atomic mass is 16.5. The number of ether oxygens (including phenoxy) is 2. The fourth-order valence-electron chi connectivity index (χ4n) is 3.33. The molecule has 0 bridgehead atoms. The van der Waals surface area contributed by atoms with Crippen LogP contribution >= 0.6 is 0 Å². The minimum atomic E-state index is 0.0618. The zero-order valence-corrected chi connectivity index (χ0v) is 15.3. The lowest BCUT2D eigenvalue weighted by Gasteiger charge is -2.44. The molecule has 1 aliphatic heterocycles. The van der Waals surface area contributed by atoms with Gasteiger partial charge in [0.05, 0.1) is 0 Å². The van der Waals surface area contributed by atoms with Gasteiger partial charge in [-0.05, 0) is 44.9 Å². The summed E-state index contributed by atoms with van der Waals surface area (Å²) in [5.74, 6) is 0.814. The van der Waals surface area contributed by atoms with E-state index < -0.39 is 0 Å². The van der Waals surface area contributed by atoms with Gasteiger partial charge in [-0.15, -0.1) is 0 Å². The number of carbonyl (C=O) groups is 1. The van der Waals surface area contributed by atoms with Gasteiger partial charge in [-0.25, -0.2) is 0 Å². The van der Waals surface area contributed by atoms with Crippen LogP contribution in [0.3, 0.4) is 0 Å². The van der Waals surface area contributed by atoms with Crippen LogP contribution in [0.2, 0.25) is 0 Å². The summed E-state index contributed by atoms with van der Waals surface area (Å²) < 4.78 is 10.8. The monoisotopic (exact) mass is 334 g/mol. The maximum Gasteiger partial charge on any atom is 0.260 e. The summed E-state index contributed by atoms with van der Waals surface area (Å²) in [6, 6.07) is 8.51. The first-order valence-electron chi connectivity index (χ1n) is 8.73. The highest BCUT2D eigenvalue weighted by molar-refractivity contribution is 5.78. The van der Waals surface area contributed by atoms with Crippen LogP contribution < -0.4 is 4.74 Å². The summed E-state index contributed by atoms with van der Waals surface area (Å²) in [4.78, 5) is 16.9. The fourth-order valence-corrected chi connectivity index (χ4v) is 3.33. The maximum absolute atomic E-state index is 12.5. The van der Waals surface area contributed by atoms with Crippen LogP contribution in [0.25, 0.3) is 0 Å². The van der Waals surface area contributed by atoms with Crippen molar-refractivity contribution in [3.8, 4) is 5.75 Å². The molecule has 2 atom stereocenters. The second kappa shape index (κ2) is 9.04. The summed E-state index contributed by atoms with van der Waals surface area (Å²) in [5, 5.41) is 0. The predicted octanol–water partition coefficient (Wildman–Crippen LogP) is 2.33. The molecule has 1 fully saturated rings. The number of hydrogen-bond acceptors (Lipinski definition) is 4. The fraction of sp³-hybridized carbons (Fsp3) is 0.632. The van der Waals surface area contributed by atoms with Gasteiger partial charge in [-0.1, -0.05) is 12.1 Å². The Bertz CT molecular complexity index is 523. The highest BCUT2D eigenvalue weighted by Crippen LogP contribution is 2.17. The topological polar surface area (TPSA) is 42.0 Å². The van der Waals surface area contributed by atoms with Crippen molar-refractivity contribution in [2.75, 3.05) is 40.0 Å². The van der Waals surface area contributed by atoms with Gasteiger partial charge >= 0.3 is 0 Å². The Hall–Kier alpha value is -1.59. The van der Waals surface area contributed by atoms with Gasteiger partial charge in [-0.2, -0.15) is 0 Å². The molecule has 1 saturated heterocycles. The van der Waals surface area contributed by atoms with Gasteiger partial charge < -0.3 is 14.4 Å².